The molecule has 0 radical (unpaired) electrons. The summed E-state index contributed by atoms with van der Waals surface area (Å²) < 4.78 is 7.70. The minimum Gasteiger partial charge on any atom is -0.368 e. The van der Waals surface area contributed by atoms with Crippen molar-refractivity contribution < 1.29 is 14.3 Å². The van der Waals surface area contributed by atoms with Gasteiger partial charge in [0.05, 0.1) is 24.7 Å². The van der Waals surface area contributed by atoms with E-state index in [2.05, 4.69) is 10.3 Å². The summed E-state index contributed by atoms with van der Waals surface area (Å²) in [6.45, 7) is 1.91. The molecule has 1 atom stereocenters. The molecule has 0 saturated carbocycles. The second-order valence-electron chi connectivity index (χ2n) is 6.94. The monoisotopic (exact) mass is 377 g/mol. The first-order valence-corrected chi connectivity index (χ1v) is 8.78. The van der Waals surface area contributed by atoms with Gasteiger partial charge in [-0.3, -0.25) is 14.5 Å². The number of carbonyl (C=O) groups excluding carboxylic acids is 2. The van der Waals surface area contributed by atoms with E-state index in [9.17, 15) is 9.59 Å². The molecule has 1 N–H and O–H groups in total. The molecule has 2 aromatic rings. The number of halogens is 1. The van der Waals surface area contributed by atoms with Gasteiger partial charge in [-0.15, -0.1) is 0 Å². The van der Waals surface area contributed by atoms with Crippen molar-refractivity contribution in [3.63, 3.8) is 0 Å². The molecule has 0 bridgehead atoms. The lowest BCUT2D eigenvalue weighted by Crippen LogP contribution is -2.73. The molecule has 9 heteroatoms. The number of pyridine rings is 1. The first kappa shape index (κ1) is 17.3. The van der Waals surface area contributed by atoms with Crippen LogP contribution in [0.2, 0.25) is 5.02 Å². The Labute approximate surface area is 155 Å². The van der Waals surface area contributed by atoms with Crippen molar-refractivity contribution in [1.82, 2.24) is 24.5 Å². The Morgan fingerprint density at radius 2 is 2.08 bits per heavy atom. The maximum Gasteiger partial charge on any atom is 0.274 e. The van der Waals surface area contributed by atoms with E-state index < -0.39 is 5.60 Å². The topological polar surface area (TPSA) is 79.2 Å². The molecule has 26 heavy (non-hydrogen) atoms. The van der Waals surface area contributed by atoms with Crippen LogP contribution in [0.1, 0.15) is 10.5 Å². The minimum absolute atomic E-state index is 0.0574. The molecule has 2 aliphatic heterocycles. The van der Waals surface area contributed by atoms with Crippen LogP contribution in [0.25, 0.3) is 5.65 Å². The first-order valence-electron chi connectivity index (χ1n) is 8.40. The summed E-state index contributed by atoms with van der Waals surface area (Å²) >= 11 is 5.97. The molecule has 2 aliphatic rings. The average molecular weight is 378 g/mol. The largest absolute Gasteiger partial charge is 0.368 e. The number of likely N-dealkylation sites (tertiary alicyclic amines) is 1. The Morgan fingerprint density at radius 3 is 2.77 bits per heavy atom. The molecule has 2 amide bonds. The van der Waals surface area contributed by atoms with Crippen molar-refractivity contribution in [2.75, 3.05) is 40.3 Å². The molecular weight excluding hydrogens is 358 g/mol. The molecule has 2 aromatic heterocycles. The molecule has 4 heterocycles. The SMILES string of the molecule is CNC(=O)[C@@H]1COC2(CN(C(=O)c3cn4cc(Cl)ccc4n3)C2)CN1C. The number of fused-ring (bicyclic) bond motifs is 1. The van der Waals surface area contributed by atoms with Crippen molar-refractivity contribution in [3.05, 3.63) is 35.2 Å². The zero-order valence-corrected chi connectivity index (χ0v) is 15.4. The molecule has 0 unspecified atom stereocenters. The number of nitrogens with one attached hydrogen (secondary N) is 1. The Morgan fingerprint density at radius 1 is 1.31 bits per heavy atom. The second-order valence-corrected chi connectivity index (χ2v) is 7.38. The number of carbonyl (C=O) groups is 2. The van der Waals surface area contributed by atoms with Gasteiger partial charge in [-0.25, -0.2) is 4.98 Å². The summed E-state index contributed by atoms with van der Waals surface area (Å²) in [6, 6.07) is 3.22. The fourth-order valence-corrected chi connectivity index (χ4v) is 3.82. The zero-order chi connectivity index (χ0) is 18.5. The predicted molar refractivity (Wildman–Crippen MR) is 95.3 cm³/mol. The smallest absolute Gasteiger partial charge is 0.274 e. The van der Waals surface area contributed by atoms with Gasteiger partial charge in [0.15, 0.2) is 0 Å². The summed E-state index contributed by atoms with van der Waals surface area (Å²) in [5, 5.41) is 3.23. The number of amides is 2. The van der Waals surface area contributed by atoms with Gasteiger partial charge in [0.2, 0.25) is 5.91 Å². The number of morpholine rings is 1. The highest BCUT2D eigenvalue weighted by atomic mass is 35.5. The lowest BCUT2D eigenvalue weighted by atomic mass is 9.90. The molecule has 4 rings (SSSR count). The van der Waals surface area contributed by atoms with Gasteiger partial charge in [-0.2, -0.15) is 0 Å². The van der Waals surface area contributed by atoms with Crippen molar-refractivity contribution in [2.45, 2.75) is 11.6 Å². The summed E-state index contributed by atoms with van der Waals surface area (Å²) in [7, 11) is 3.52. The molecule has 0 aromatic carbocycles. The first-order chi connectivity index (χ1) is 12.4. The number of rotatable bonds is 2. The van der Waals surface area contributed by atoms with Crippen molar-refractivity contribution in [3.8, 4) is 0 Å². The summed E-state index contributed by atoms with van der Waals surface area (Å²) in [4.78, 5) is 32.6. The van der Waals surface area contributed by atoms with E-state index in [4.69, 9.17) is 16.3 Å². The van der Waals surface area contributed by atoms with Crippen molar-refractivity contribution in [2.24, 2.45) is 0 Å². The second kappa shape index (κ2) is 6.22. The number of ether oxygens (including phenoxy) is 1. The van der Waals surface area contributed by atoms with Crippen LogP contribution in [0.4, 0.5) is 0 Å². The Balaban J connectivity index is 1.42. The average Bonchev–Trinajstić information content (AvgIpc) is 3.01. The van der Waals surface area contributed by atoms with Crippen LogP contribution in [-0.4, -0.2) is 83.0 Å². The van der Waals surface area contributed by atoms with Gasteiger partial charge >= 0.3 is 0 Å². The summed E-state index contributed by atoms with van der Waals surface area (Å²) in [6.07, 6.45) is 3.40. The van der Waals surface area contributed by atoms with Crippen LogP contribution in [-0.2, 0) is 9.53 Å². The molecule has 0 aliphatic carbocycles. The van der Waals surface area contributed by atoms with E-state index in [1.807, 2.05) is 11.9 Å². The van der Waals surface area contributed by atoms with Crippen LogP contribution in [0.15, 0.2) is 24.5 Å². The number of imidazole rings is 1. The third-order valence-corrected chi connectivity index (χ3v) is 5.27. The molecular formula is C17H20ClN5O3. The molecule has 1 spiro atoms. The summed E-state index contributed by atoms with van der Waals surface area (Å²) in [5.41, 5.74) is 0.654. The van der Waals surface area contributed by atoms with E-state index in [0.29, 0.717) is 42.6 Å². The van der Waals surface area contributed by atoms with Crippen LogP contribution < -0.4 is 5.32 Å². The number of aromatic nitrogens is 2. The molecule has 8 nitrogen and oxygen atoms in total. The standard InChI is InChI=1S/C17H20ClN5O3/c1-19-15(24)13-7-26-17(8-21(13)2)9-23(10-17)16(25)12-6-22-5-11(18)3-4-14(22)20-12/h3-6,13H,7-10H2,1-2H3,(H,19,24)/t13-/m0/s1. The van der Waals surface area contributed by atoms with Gasteiger partial charge in [0.25, 0.3) is 5.91 Å². The van der Waals surface area contributed by atoms with Gasteiger partial charge in [-0.1, -0.05) is 11.6 Å². The van der Waals surface area contributed by atoms with Crippen LogP contribution >= 0.6 is 11.6 Å². The molecule has 138 valence electrons. The normalized spacial score (nSPS) is 22.4. The highest BCUT2D eigenvalue weighted by molar-refractivity contribution is 6.30. The summed E-state index contributed by atoms with van der Waals surface area (Å²) in [5.74, 6) is -0.187. The third-order valence-electron chi connectivity index (χ3n) is 5.05. The maximum atomic E-state index is 12.7. The zero-order valence-electron chi connectivity index (χ0n) is 14.6. The van der Waals surface area contributed by atoms with E-state index >= 15 is 0 Å². The van der Waals surface area contributed by atoms with E-state index in [1.54, 1.807) is 40.9 Å². The maximum absolute atomic E-state index is 12.7. The van der Waals surface area contributed by atoms with Gasteiger partial charge in [0, 0.05) is 26.0 Å². The van der Waals surface area contributed by atoms with E-state index in [1.165, 1.54) is 0 Å². The van der Waals surface area contributed by atoms with E-state index in [-0.39, 0.29) is 17.9 Å². The lowest BCUT2D eigenvalue weighted by molar-refractivity contribution is -0.187. The van der Waals surface area contributed by atoms with Gasteiger partial charge in [-0.05, 0) is 19.2 Å². The quantitative estimate of drug-likeness (QED) is 0.812. The number of hydrogen-bond acceptors (Lipinski definition) is 5. The fraction of sp³-hybridized carbons (Fsp3) is 0.471. The Kier molecular flexibility index (Phi) is 4.13. The Hall–Kier alpha value is -2.16. The highest BCUT2D eigenvalue weighted by Crippen LogP contribution is 2.31. The van der Waals surface area contributed by atoms with Gasteiger partial charge in [0.1, 0.15) is 23.0 Å². The van der Waals surface area contributed by atoms with Crippen LogP contribution in [0.3, 0.4) is 0 Å². The van der Waals surface area contributed by atoms with E-state index in [0.717, 1.165) is 0 Å². The number of likely N-dealkylation sites (N-methyl/N-ethyl adjacent to an activating group) is 2. The predicted octanol–water partition coefficient (Wildman–Crippen LogP) is 0.259. The van der Waals surface area contributed by atoms with Crippen molar-refractivity contribution >= 4 is 29.1 Å². The number of hydrogen-bond donors (Lipinski definition) is 1. The highest BCUT2D eigenvalue weighted by Gasteiger charge is 2.51. The fourth-order valence-electron chi connectivity index (χ4n) is 3.65. The lowest BCUT2D eigenvalue weighted by Gasteiger charge is -2.54. The van der Waals surface area contributed by atoms with Crippen LogP contribution in [0.5, 0.6) is 0 Å². The minimum atomic E-state index is -0.405. The van der Waals surface area contributed by atoms with Crippen LogP contribution in [0, 0.1) is 0 Å². The Bertz CT molecular complexity index is 876. The van der Waals surface area contributed by atoms with Gasteiger partial charge < -0.3 is 19.4 Å². The third kappa shape index (κ3) is 2.84. The van der Waals surface area contributed by atoms with Crippen molar-refractivity contribution in [1.29, 1.82) is 0 Å². The molecule has 2 saturated heterocycles. The number of nitrogens with zero attached hydrogens (tertiary/aromatic N) is 4. The molecule has 2 fully saturated rings.